The van der Waals surface area contributed by atoms with Crippen LogP contribution in [0.3, 0.4) is 0 Å². The van der Waals surface area contributed by atoms with Crippen molar-refractivity contribution in [3.63, 3.8) is 0 Å². The van der Waals surface area contributed by atoms with E-state index < -0.39 is 0 Å². The molecule has 1 aliphatic heterocycles. The number of fused-ring (bicyclic) bond motifs is 1. The first-order valence-corrected chi connectivity index (χ1v) is 7.97. The van der Waals surface area contributed by atoms with Crippen LogP contribution >= 0.6 is 27.5 Å². The molecule has 0 spiro atoms. The summed E-state index contributed by atoms with van der Waals surface area (Å²) in [6.45, 7) is 2.05. The maximum Gasteiger partial charge on any atom is 0.166 e. The van der Waals surface area contributed by atoms with Gasteiger partial charge < -0.3 is 14.8 Å². The minimum absolute atomic E-state index is 0.659. The zero-order valence-electron chi connectivity index (χ0n) is 11.4. The van der Waals surface area contributed by atoms with Crippen molar-refractivity contribution in [3.8, 4) is 11.5 Å². The third-order valence-corrected chi connectivity index (χ3v) is 4.14. The van der Waals surface area contributed by atoms with Gasteiger partial charge in [-0.2, -0.15) is 0 Å². The number of nitrogens with one attached hydrogen (secondary N) is 1. The fraction of sp³-hybridized carbons (Fsp3) is 0.250. The van der Waals surface area contributed by atoms with E-state index in [0.29, 0.717) is 24.8 Å². The number of benzene rings is 2. The number of anilines is 1. The van der Waals surface area contributed by atoms with Gasteiger partial charge in [0.05, 0.1) is 13.2 Å². The summed E-state index contributed by atoms with van der Waals surface area (Å²) in [7, 11) is 0. The van der Waals surface area contributed by atoms with Gasteiger partial charge in [-0.1, -0.05) is 23.7 Å². The Bertz CT molecular complexity index is 648. The molecule has 0 aliphatic carbocycles. The molecule has 0 saturated heterocycles. The van der Waals surface area contributed by atoms with Crippen LogP contribution in [0.25, 0.3) is 0 Å². The first-order valence-electron chi connectivity index (χ1n) is 6.80. The number of rotatable bonds is 3. The van der Waals surface area contributed by atoms with E-state index in [0.717, 1.165) is 33.6 Å². The molecule has 5 heteroatoms. The molecular weight excluding hydrogens is 354 g/mol. The van der Waals surface area contributed by atoms with Gasteiger partial charge in [0, 0.05) is 33.7 Å². The summed E-state index contributed by atoms with van der Waals surface area (Å²) >= 11 is 9.46. The van der Waals surface area contributed by atoms with Crippen LogP contribution < -0.4 is 14.8 Å². The van der Waals surface area contributed by atoms with E-state index >= 15 is 0 Å². The Labute approximate surface area is 137 Å². The van der Waals surface area contributed by atoms with Crippen molar-refractivity contribution >= 4 is 33.2 Å². The molecule has 0 saturated carbocycles. The van der Waals surface area contributed by atoms with Gasteiger partial charge in [0.1, 0.15) is 0 Å². The highest BCUT2D eigenvalue weighted by atomic mass is 79.9. The maximum absolute atomic E-state index is 5.95. The molecule has 0 radical (unpaired) electrons. The van der Waals surface area contributed by atoms with Gasteiger partial charge in [-0.3, -0.25) is 0 Å². The van der Waals surface area contributed by atoms with Gasteiger partial charge in [0.2, 0.25) is 0 Å². The second-order valence-corrected chi connectivity index (χ2v) is 6.06. The van der Waals surface area contributed by atoms with Gasteiger partial charge in [0.15, 0.2) is 11.5 Å². The quantitative estimate of drug-likeness (QED) is 0.838. The van der Waals surface area contributed by atoms with Crippen LogP contribution in [0.2, 0.25) is 5.02 Å². The predicted molar refractivity (Wildman–Crippen MR) is 88.5 cm³/mol. The summed E-state index contributed by atoms with van der Waals surface area (Å²) in [4.78, 5) is 0. The van der Waals surface area contributed by atoms with E-state index in [1.54, 1.807) is 0 Å². The van der Waals surface area contributed by atoms with Crippen molar-refractivity contribution in [2.75, 3.05) is 18.5 Å². The minimum atomic E-state index is 0.659. The highest BCUT2D eigenvalue weighted by Gasteiger charge is 2.14. The summed E-state index contributed by atoms with van der Waals surface area (Å²) in [6, 6.07) is 11.7. The third-order valence-electron chi connectivity index (χ3n) is 3.25. The average Bonchev–Trinajstić information content (AvgIpc) is 2.72. The minimum Gasteiger partial charge on any atom is -0.490 e. The van der Waals surface area contributed by atoms with Gasteiger partial charge in [-0.05, 0) is 40.2 Å². The Balaban J connectivity index is 1.79. The van der Waals surface area contributed by atoms with Crippen LogP contribution in [0.15, 0.2) is 40.9 Å². The number of ether oxygens (including phenoxy) is 2. The lowest BCUT2D eigenvalue weighted by Gasteiger charge is -2.14. The number of para-hydroxylation sites is 1. The molecule has 1 heterocycles. The van der Waals surface area contributed by atoms with Crippen molar-refractivity contribution in [1.82, 2.24) is 0 Å². The van der Waals surface area contributed by atoms with Crippen molar-refractivity contribution < 1.29 is 9.47 Å². The SMILES string of the molecule is Clc1ccc(NCc2cccc3c2OCCCO3)c(Br)c1. The van der Waals surface area contributed by atoms with Crippen molar-refractivity contribution in [1.29, 1.82) is 0 Å². The molecule has 1 aliphatic rings. The second kappa shape index (κ2) is 6.58. The average molecular weight is 369 g/mol. The molecule has 0 bridgehead atoms. The Hall–Kier alpha value is -1.39. The Morgan fingerprint density at radius 1 is 1.14 bits per heavy atom. The zero-order chi connectivity index (χ0) is 14.7. The lowest BCUT2D eigenvalue weighted by molar-refractivity contribution is 0.296. The van der Waals surface area contributed by atoms with Gasteiger partial charge in [0.25, 0.3) is 0 Å². The van der Waals surface area contributed by atoms with E-state index in [4.69, 9.17) is 21.1 Å². The van der Waals surface area contributed by atoms with E-state index in [2.05, 4.69) is 21.2 Å². The monoisotopic (exact) mass is 367 g/mol. The molecule has 2 aromatic carbocycles. The summed E-state index contributed by atoms with van der Waals surface area (Å²) in [5.74, 6) is 1.66. The zero-order valence-corrected chi connectivity index (χ0v) is 13.7. The first-order chi connectivity index (χ1) is 10.2. The van der Waals surface area contributed by atoms with Crippen molar-refractivity contribution in [2.45, 2.75) is 13.0 Å². The van der Waals surface area contributed by atoms with Crippen LogP contribution in [0.5, 0.6) is 11.5 Å². The molecule has 3 nitrogen and oxygen atoms in total. The first kappa shape index (κ1) is 14.5. The van der Waals surface area contributed by atoms with Gasteiger partial charge in [-0.25, -0.2) is 0 Å². The Kier molecular flexibility index (Phi) is 4.56. The molecule has 3 rings (SSSR count). The second-order valence-electron chi connectivity index (χ2n) is 4.77. The van der Waals surface area contributed by atoms with E-state index in [1.165, 1.54) is 0 Å². The molecule has 1 N–H and O–H groups in total. The molecule has 0 aromatic heterocycles. The molecule has 2 aromatic rings. The molecule has 110 valence electrons. The molecule has 0 fully saturated rings. The van der Waals surface area contributed by atoms with E-state index in [-0.39, 0.29) is 0 Å². The standard InChI is InChI=1S/C16H15BrClNO2/c17-13-9-12(18)5-6-14(13)19-10-11-3-1-4-15-16(11)21-8-2-7-20-15/h1,3-6,9,19H,2,7-8,10H2. The fourth-order valence-electron chi connectivity index (χ4n) is 2.22. The summed E-state index contributed by atoms with van der Waals surface area (Å²) in [5.41, 5.74) is 2.07. The maximum atomic E-state index is 5.95. The Morgan fingerprint density at radius 3 is 2.86 bits per heavy atom. The van der Waals surface area contributed by atoms with Crippen molar-refractivity contribution in [3.05, 3.63) is 51.5 Å². The van der Waals surface area contributed by atoms with E-state index in [9.17, 15) is 0 Å². The summed E-state index contributed by atoms with van der Waals surface area (Å²) in [5, 5.41) is 4.09. The smallest absolute Gasteiger partial charge is 0.166 e. The lowest BCUT2D eigenvalue weighted by atomic mass is 10.1. The van der Waals surface area contributed by atoms with Gasteiger partial charge in [-0.15, -0.1) is 0 Å². The largest absolute Gasteiger partial charge is 0.490 e. The molecule has 21 heavy (non-hydrogen) atoms. The van der Waals surface area contributed by atoms with Crippen LogP contribution in [-0.4, -0.2) is 13.2 Å². The third kappa shape index (κ3) is 3.44. The highest BCUT2D eigenvalue weighted by Crippen LogP contribution is 2.34. The molecule has 0 amide bonds. The van der Waals surface area contributed by atoms with Gasteiger partial charge >= 0.3 is 0 Å². The summed E-state index contributed by atoms with van der Waals surface area (Å²) in [6.07, 6.45) is 0.907. The van der Waals surface area contributed by atoms with Crippen molar-refractivity contribution in [2.24, 2.45) is 0 Å². The lowest BCUT2D eigenvalue weighted by Crippen LogP contribution is -2.04. The van der Waals surface area contributed by atoms with Crippen LogP contribution in [-0.2, 0) is 6.54 Å². The van der Waals surface area contributed by atoms with E-state index in [1.807, 2.05) is 36.4 Å². The Morgan fingerprint density at radius 2 is 2.00 bits per heavy atom. The molecule has 0 atom stereocenters. The van der Waals surface area contributed by atoms with Crippen LogP contribution in [0.4, 0.5) is 5.69 Å². The highest BCUT2D eigenvalue weighted by molar-refractivity contribution is 9.10. The van der Waals surface area contributed by atoms with Crippen LogP contribution in [0.1, 0.15) is 12.0 Å². The van der Waals surface area contributed by atoms with Crippen LogP contribution in [0, 0.1) is 0 Å². The number of hydrogen-bond donors (Lipinski definition) is 1. The fourth-order valence-corrected chi connectivity index (χ4v) is 3.04. The molecular formula is C16H15BrClNO2. The number of halogens is 2. The number of hydrogen-bond acceptors (Lipinski definition) is 3. The summed E-state index contributed by atoms with van der Waals surface area (Å²) < 4.78 is 12.5. The predicted octanol–water partition coefficient (Wildman–Crippen LogP) is 4.88. The normalized spacial score (nSPS) is 13.6. The molecule has 0 unspecified atom stereocenters. The topological polar surface area (TPSA) is 30.5 Å².